The Bertz CT molecular complexity index is 425. The molecule has 0 spiro atoms. The van der Waals surface area contributed by atoms with E-state index in [9.17, 15) is 8.42 Å². The Morgan fingerprint density at radius 3 is 2.75 bits per heavy atom. The smallest absolute Gasteiger partial charge is 0.209 e. The van der Waals surface area contributed by atoms with Gasteiger partial charge in [0.1, 0.15) is 0 Å². The summed E-state index contributed by atoms with van der Waals surface area (Å²) in [6.07, 6.45) is 3.77. The minimum Gasteiger partial charge on any atom is -0.490 e. The monoisotopic (exact) mass is 247 g/mol. The number of primary sulfonamides is 1. The molecule has 7 heteroatoms. The molecular formula is C9H17N3O3S. The van der Waals surface area contributed by atoms with E-state index in [4.69, 9.17) is 9.88 Å². The molecule has 0 aliphatic rings. The number of ether oxygens (including phenoxy) is 1. The molecule has 6 nitrogen and oxygen atoms in total. The van der Waals surface area contributed by atoms with E-state index >= 15 is 0 Å². The number of nitrogens with zero attached hydrogens (tertiary/aromatic N) is 2. The van der Waals surface area contributed by atoms with E-state index in [1.807, 2.05) is 13.8 Å². The van der Waals surface area contributed by atoms with Crippen LogP contribution in [0.15, 0.2) is 12.4 Å². The first-order chi connectivity index (χ1) is 7.38. The molecule has 1 aromatic heterocycles. The Hall–Kier alpha value is -1.08. The predicted octanol–water partition coefficient (Wildman–Crippen LogP) is 0.521. The Kier molecular flexibility index (Phi) is 4.31. The van der Waals surface area contributed by atoms with Crippen LogP contribution >= 0.6 is 0 Å². The molecule has 1 rings (SSSR count). The van der Waals surface area contributed by atoms with E-state index in [0.717, 1.165) is 0 Å². The third-order valence-electron chi connectivity index (χ3n) is 1.95. The predicted molar refractivity (Wildman–Crippen MR) is 60.7 cm³/mol. The highest BCUT2D eigenvalue weighted by Gasteiger charge is 2.04. The molecule has 0 amide bonds. The van der Waals surface area contributed by atoms with E-state index < -0.39 is 10.0 Å². The summed E-state index contributed by atoms with van der Waals surface area (Å²) < 4.78 is 28.4. The molecule has 0 saturated heterocycles. The largest absolute Gasteiger partial charge is 0.490 e. The highest BCUT2D eigenvalue weighted by Crippen LogP contribution is 2.12. The quantitative estimate of drug-likeness (QED) is 0.742. The van der Waals surface area contributed by atoms with E-state index in [1.54, 1.807) is 17.1 Å². The highest BCUT2D eigenvalue weighted by atomic mass is 32.2. The molecule has 0 atom stereocenters. The molecular weight excluding hydrogens is 230 g/mol. The zero-order valence-electron chi connectivity index (χ0n) is 9.46. The van der Waals surface area contributed by atoms with E-state index in [1.165, 1.54) is 0 Å². The summed E-state index contributed by atoms with van der Waals surface area (Å²) >= 11 is 0. The SMILES string of the molecule is CC(C)n1cc(OCCCS(N)(=O)=O)cn1. The zero-order valence-corrected chi connectivity index (χ0v) is 10.3. The van der Waals surface area contributed by atoms with Crippen molar-refractivity contribution in [3.63, 3.8) is 0 Å². The topological polar surface area (TPSA) is 87.2 Å². The zero-order chi connectivity index (χ0) is 12.2. The van der Waals surface area contributed by atoms with Crippen LogP contribution in [0, 0.1) is 0 Å². The van der Waals surface area contributed by atoms with Crippen molar-refractivity contribution in [1.29, 1.82) is 0 Å². The molecule has 0 unspecified atom stereocenters. The number of hydrogen-bond donors (Lipinski definition) is 1. The second kappa shape index (κ2) is 5.31. The van der Waals surface area contributed by atoms with Crippen LogP contribution in [0.2, 0.25) is 0 Å². The fourth-order valence-electron chi connectivity index (χ4n) is 1.13. The van der Waals surface area contributed by atoms with Crippen molar-refractivity contribution >= 4 is 10.0 Å². The van der Waals surface area contributed by atoms with Crippen molar-refractivity contribution in [1.82, 2.24) is 9.78 Å². The summed E-state index contributed by atoms with van der Waals surface area (Å²) in [6, 6.07) is 0.279. The van der Waals surface area contributed by atoms with Crippen molar-refractivity contribution < 1.29 is 13.2 Å². The molecule has 92 valence electrons. The van der Waals surface area contributed by atoms with Gasteiger partial charge in [-0.15, -0.1) is 0 Å². The van der Waals surface area contributed by atoms with Crippen molar-refractivity contribution in [3.05, 3.63) is 12.4 Å². The van der Waals surface area contributed by atoms with Gasteiger partial charge in [-0.3, -0.25) is 4.68 Å². The van der Waals surface area contributed by atoms with Gasteiger partial charge in [-0.2, -0.15) is 5.10 Å². The molecule has 1 heterocycles. The minimum absolute atomic E-state index is 0.0642. The Morgan fingerprint density at radius 2 is 2.25 bits per heavy atom. The van der Waals surface area contributed by atoms with Gasteiger partial charge in [0, 0.05) is 6.04 Å². The van der Waals surface area contributed by atoms with Crippen molar-refractivity contribution in [2.24, 2.45) is 5.14 Å². The maximum atomic E-state index is 10.6. The van der Waals surface area contributed by atoms with Crippen LogP contribution < -0.4 is 9.88 Å². The molecule has 0 bridgehead atoms. The van der Waals surface area contributed by atoms with Gasteiger partial charge in [0.25, 0.3) is 0 Å². The number of sulfonamides is 1. The highest BCUT2D eigenvalue weighted by molar-refractivity contribution is 7.89. The lowest BCUT2D eigenvalue weighted by atomic mass is 10.4. The van der Waals surface area contributed by atoms with Gasteiger partial charge >= 0.3 is 0 Å². The summed E-state index contributed by atoms with van der Waals surface area (Å²) in [6.45, 7) is 4.34. The van der Waals surface area contributed by atoms with Gasteiger partial charge in [0.2, 0.25) is 10.0 Å². The third kappa shape index (κ3) is 4.63. The first-order valence-electron chi connectivity index (χ1n) is 5.06. The Labute approximate surface area is 95.4 Å². The lowest BCUT2D eigenvalue weighted by molar-refractivity contribution is 0.317. The van der Waals surface area contributed by atoms with Crippen molar-refractivity contribution in [2.45, 2.75) is 26.3 Å². The second-order valence-corrected chi connectivity index (χ2v) is 5.55. The van der Waals surface area contributed by atoms with Gasteiger partial charge in [-0.05, 0) is 20.3 Å². The normalized spacial score (nSPS) is 12.0. The molecule has 0 radical (unpaired) electrons. The summed E-state index contributed by atoms with van der Waals surface area (Å²) in [7, 11) is -3.39. The van der Waals surface area contributed by atoms with E-state index in [2.05, 4.69) is 5.10 Å². The van der Waals surface area contributed by atoms with E-state index in [0.29, 0.717) is 18.8 Å². The summed E-state index contributed by atoms with van der Waals surface area (Å²) in [5.74, 6) is 0.578. The second-order valence-electron chi connectivity index (χ2n) is 3.82. The van der Waals surface area contributed by atoms with Crippen LogP contribution in [0.4, 0.5) is 0 Å². The maximum absolute atomic E-state index is 10.6. The molecule has 0 aliphatic carbocycles. The molecule has 2 N–H and O–H groups in total. The van der Waals surface area contributed by atoms with Gasteiger partial charge in [-0.25, -0.2) is 13.6 Å². The molecule has 0 aliphatic heterocycles. The lowest BCUT2D eigenvalue weighted by Crippen LogP contribution is -2.18. The summed E-state index contributed by atoms with van der Waals surface area (Å²) in [5.41, 5.74) is 0. The van der Waals surface area contributed by atoms with Crippen LogP contribution in [0.5, 0.6) is 5.75 Å². The fraction of sp³-hybridized carbons (Fsp3) is 0.667. The van der Waals surface area contributed by atoms with Gasteiger partial charge in [0.05, 0.1) is 24.8 Å². The minimum atomic E-state index is -3.39. The average molecular weight is 247 g/mol. The summed E-state index contributed by atoms with van der Waals surface area (Å²) in [5, 5.41) is 8.95. The summed E-state index contributed by atoms with van der Waals surface area (Å²) in [4.78, 5) is 0. The van der Waals surface area contributed by atoms with Gasteiger partial charge in [-0.1, -0.05) is 0 Å². The number of rotatable bonds is 6. The molecule has 0 fully saturated rings. The van der Waals surface area contributed by atoms with Crippen LogP contribution in [0.3, 0.4) is 0 Å². The Morgan fingerprint density at radius 1 is 1.56 bits per heavy atom. The van der Waals surface area contributed by atoms with Crippen molar-refractivity contribution in [3.8, 4) is 5.75 Å². The molecule has 1 aromatic rings. The first-order valence-corrected chi connectivity index (χ1v) is 6.77. The van der Waals surface area contributed by atoms with Gasteiger partial charge in [0.15, 0.2) is 5.75 Å². The van der Waals surface area contributed by atoms with Gasteiger partial charge < -0.3 is 4.74 Å². The Balaban J connectivity index is 2.32. The maximum Gasteiger partial charge on any atom is 0.209 e. The van der Waals surface area contributed by atoms with Crippen LogP contribution in [0.25, 0.3) is 0 Å². The standard InChI is InChI=1S/C9H17N3O3S/c1-8(2)12-7-9(6-11-12)15-4-3-5-16(10,13)14/h6-8H,3-5H2,1-2H3,(H2,10,13,14). The average Bonchev–Trinajstić information content (AvgIpc) is 2.59. The molecule has 16 heavy (non-hydrogen) atoms. The molecule has 0 aromatic carbocycles. The van der Waals surface area contributed by atoms with Crippen LogP contribution in [0.1, 0.15) is 26.3 Å². The van der Waals surface area contributed by atoms with E-state index in [-0.39, 0.29) is 11.8 Å². The number of nitrogens with two attached hydrogens (primary N) is 1. The first kappa shape index (κ1) is 13.0. The molecule has 0 saturated carbocycles. The number of hydrogen-bond acceptors (Lipinski definition) is 4. The van der Waals surface area contributed by atoms with Crippen LogP contribution in [-0.4, -0.2) is 30.6 Å². The number of aromatic nitrogens is 2. The lowest BCUT2D eigenvalue weighted by Gasteiger charge is -2.04. The van der Waals surface area contributed by atoms with Crippen LogP contribution in [-0.2, 0) is 10.0 Å². The fourth-order valence-corrected chi connectivity index (χ4v) is 1.65. The third-order valence-corrected chi connectivity index (χ3v) is 2.81. The van der Waals surface area contributed by atoms with Crippen molar-refractivity contribution in [2.75, 3.05) is 12.4 Å².